The maximum atomic E-state index is 5.56. The zero-order valence-electron chi connectivity index (χ0n) is 7.60. The van der Waals surface area contributed by atoms with Crippen LogP contribution in [0.4, 0.5) is 5.82 Å². The van der Waals surface area contributed by atoms with Gasteiger partial charge in [-0.2, -0.15) is 5.10 Å². The molecule has 5 nitrogen and oxygen atoms in total. The van der Waals surface area contributed by atoms with E-state index >= 15 is 0 Å². The van der Waals surface area contributed by atoms with Gasteiger partial charge in [0.25, 0.3) is 0 Å². The van der Waals surface area contributed by atoms with E-state index < -0.39 is 0 Å². The number of nitrogens with two attached hydrogens (primary N) is 1. The first-order chi connectivity index (χ1) is 6.16. The molecule has 2 aromatic rings. The van der Waals surface area contributed by atoms with Crippen molar-refractivity contribution in [2.75, 3.05) is 5.73 Å². The second-order valence-corrected chi connectivity index (χ2v) is 2.97. The van der Waals surface area contributed by atoms with E-state index in [2.05, 4.69) is 10.2 Å². The van der Waals surface area contributed by atoms with Crippen LogP contribution in [-0.4, -0.2) is 19.6 Å². The van der Waals surface area contributed by atoms with Crippen LogP contribution in [0.3, 0.4) is 0 Å². The standard InChI is InChI=1S/C8H11N5/c1-6-5-7(9)10-13(6)8-3-4-12(2)11-8/h3-5H,1-2H3,(H2,9,10). The summed E-state index contributed by atoms with van der Waals surface area (Å²) in [5.74, 6) is 1.31. The molecule has 0 bridgehead atoms. The van der Waals surface area contributed by atoms with Gasteiger partial charge in [-0.05, 0) is 6.92 Å². The van der Waals surface area contributed by atoms with E-state index in [1.165, 1.54) is 0 Å². The quantitative estimate of drug-likeness (QED) is 0.689. The molecule has 2 rings (SSSR count). The Morgan fingerprint density at radius 3 is 2.62 bits per heavy atom. The lowest BCUT2D eigenvalue weighted by atomic mass is 10.4. The molecule has 0 aliphatic carbocycles. The van der Waals surface area contributed by atoms with Crippen molar-refractivity contribution in [3.8, 4) is 5.82 Å². The van der Waals surface area contributed by atoms with Gasteiger partial charge in [-0.15, -0.1) is 5.10 Å². The van der Waals surface area contributed by atoms with Crippen molar-refractivity contribution in [3.63, 3.8) is 0 Å². The first-order valence-electron chi connectivity index (χ1n) is 3.99. The van der Waals surface area contributed by atoms with Gasteiger partial charge in [0.05, 0.1) is 0 Å². The van der Waals surface area contributed by atoms with E-state index in [0.717, 1.165) is 11.5 Å². The molecule has 0 fully saturated rings. The number of nitrogen functional groups attached to an aromatic ring is 1. The third-order valence-corrected chi connectivity index (χ3v) is 1.82. The third-order valence-electron chi connectivity index (χ3n) is 1.82. The SMILES string of the molecule is Cc1cc(N)nn1-c1ccn(C)n1. The summed E-state index contributed by atoms with van der Waals surface area (Å²) in [6, 6.07) is 3.70. The van der Waals surface area contributed by atoms with Gasteiger partial charge >= 0.3 is 0 Å². The van der Waals surface area contributed by atoms with Gasteiger partial charge in [0.1, 0.15) is 5.82 Å². The minimum atomic E-state index is 0.517. The van der Waals surface area contributed by atoms with Gasteiger partial charge in [0.15, 0.2) is 5.82 Å². The summed E-state index contributed by atoms with van der Waals surface area (Å²) >= 11 is 0. The topological polar surface area (TPSA) is 61.7 Å². The van der Waals surface area contributed by atoms with Gasteiger partial charge in [-0.25, -0.2) is 4.68 Å². The molecule has 0 saturated heterocycles. The largest absolute Gasteiger partial charge is 0.382 e. The van der Waals surface area contributed by atoms with Crippen LogP contribution in [-0.2, 0) is 7.05 Å². The molecule has 0 aromatic carbocycles. The van der Waals surface area contributed by atoms with Crippen LogP contribution >= 0.6 is 0 Å². The second kappa shape index (κ2) is 2.62. The van der Waals surface area contributed by atoms with E-state index in [1.54, 1.807) is 9.36 Å². The van der Waals surface area contributed by atoms with E-state index in [9.17, 15) is 0 Å². The van der Waals surface area contributed by atoms with E-state index in [0.29, 0.717) is 5.82 Å². The van der Waals surface area contributed by atoms with Crippen molar-refractivity contribution in [2.24, 2.45) is 7.05 Å². The van der Waals surface area contributed by atoms with E-state index in [1.807, 2.05) is 32.3 Å². The number of aromatic nitrogens is 4. The zero-order valence-corrected chi connectivity index (χ0v) is 7.60. The first-order valence-corrected chi connectivity index (χ1v) is 3.99. The Labute approximate surface area is 75.8 Å². The summed E-state index contributed by atoms with van der Waals surface area (Å²) in [7, 11) is 1.87. The number of anilines is 1. The van der Waals surface area contributed by atoms with Gasteiger partial charge in [-0.1, -0.05) is 0 Å². The van der Waals surface area contributed by atoms with E-state index in [4.69, 9.17) is 5.73 Å². The second-order valence-electron chi connectivity index (χ2n) is 2.97. The fourth-order valence-electron chi connectivity index (χ4n) is 1.25. The lowest BCUT2D eigenvalue weighted by Gasteiger charge is -1.97. The van der Waals surface area contributed by atoms with Crippen molar-refractivity contribution in [2.45, 2.75) is 6.92 Å². The average molecular weight is 177 g/mol. The van der Waals surface area contributed by atoms with Crippen LogP contribution in [0.15, 0.2) is 18.3 Å². The highest BCUT2D eigenvalue weighted by Crippen LogP contribution is 2.10. The molecule has 0 radical (unpaired) electrons. The third kappa shape index (κ3) is 1.28. The van der Waals surface area contributed by atoms with Crippen molar-refractivity contribution >= 4 is 5.82 Å². The van der Waals surface area contributed by atoms with Gasteiger partial charge < -0.3 is 5.73 Å². The molecule has 0 atom stereocenters. The van der Waals surface area contributed by atoms with E-state index in [-0.39, 0.29) is 0 Å². The number of aryl methyl sites for hydroxylation is 2. The molecule has 0 spiro atoms. The summed E-state index contributed by atoms with van der Waals surface area (Å²) in [5.41, 5.74) is 6.54. The molecule has 13 heavy (non-hydrogen) atoms. The average Bonchev–Trinajstić information content (AvgIpc) is 2.58. The molecular formula is C8H11N5. The van der Waals surface area contributed by atoms with Gasteiger partial charge in [-0.3, -0.25) is 4.68 Å². The predicted molar refractivity (Wildman–Crippen MR) is 49.5 cm³/mol. The van der Waals surface area contributed by atoms with Crippen molar-refractivity contribution in [1.29, 1.82) is 0 Å². The predicted octanol–water partition coefficient (Wildman–Crippen LogP) is 0.496. The molecule has 2 heterocycles. The molecule has 0 aliphatic rings. The Balaban J connectivity index is 2.51. The lowest BCUT2D eigenvalue weighted by molar-refractivity contribution is 0.725. The monoisotopic (exact) mass is 177 g/mol. The van der Waals surface area contributed by atoms with Crippen molar-refractivity contribution in [3.05, 3.63) is 24.0 Å². The molecule has 5 heteroatoms. The molecule has 68 valence electrons. The minimum Gasteiger partial charge on any atom is -0.382 e. The van der Waals surface area contributed by atoms with Crippen LogP contribution in [0.2, 0.25) is 0 Å². The number of hydrogen-bond acceptors (Lipinski definition) is 3. The number of hydrogen-bond donors (Lipinski definition) is 1. The smallest absolute Gasteiger partial charge is 0.175 e. The summed E-state index contributed by atoms with van der Waals surface area (Å²) in [4.78, 5) is 0. The summed E-state index contributed by atoms with van der Waals surface area (Å²) in [6.07, 6.45) is 1.87. The maximum absolute atomic E-state index is 5.56. The van der Waals surface area contributed by atoms with Crippen LogP contribution in [0, 0.1) is 6.92 Å². The number of rotatable bonds is 1. The maximum Gasteiger partial charge on any atom is 0.175 e. The Morgan fingerprint density at radius 1 is 1.38 bits per heavy atom. The highest BCUT2D eigenvalue weighted by Gasteiger charge is 2.05. The molecule has 0 amide bonds. The minimum absolute atomic E-state index is 0.517. The van der Waals surface area contributed by atoms with Gasteiger partial charge in [0.2, 0.25) is 0 Å². The Bertz CT molecular complexity index is 425. The molecule has 2 aromatic heterocycles. The molecule has 0 unspecified atom stereocenters. The highest BCUT2D eigenvalue weighted by molar-refractivity contribution is 5.34. The summed E-state index contributed by atoms with van der Waals surface area (Å²) in [6.45, 7) is 1.94. The Kier molecular flexibility index (Phi) is 1.58. The molecule has 0 saturated carbocycles. The Hall–Kier alpha value is -1.78. The fourth-order valence-corrected chi connectivity index (χ4v) is 1.25. The zero-order chi connectivity index (χ0) is 9.42. The number of nitrogens with zero attached hydrogens (tertiary/aromatic N) is 4. The Morgan fingerprint density at radius 2 is 2.15 bits per heavy atom. The van der Waals surface area contributed by atoms with Crippen LogP contribution < -0.4 is 5.73 Å². The highest BCUT2D eigenvalue weighted by atomic mass is 15.4. The van der Waals surface area contributed by atoms with Crippen LogP contribution in [0.25, 0.3) is 5.82 Å². The summed E-state index contributed by atoms with van der Waals surface area (Å²) in [5, 5.41) is 8.33. The van der Waals surface area contributed by atoms with Crippen molar-refractivity contribution in [1.82, 2.24) is 19.6 Å². The van der Waals surface area contributed by atoms with Crippen LogP contribution in [0.1, 0.15) is 5.69 Å². The summed E-state index contributed by atoms with van der Waals surface area (Å²) < 4.78 is 3.45. The molecular weight excluding hydrogens is 166 g/mol. The normalized spacial score (nSPS) is 10.6. The molecule has 0 aliphatic heterocycles. The first kappa shape index (κ1) is 7.85. The van der Waals surface area contributed by atoms with Gasteiger partial charge in [0, 0.05) is 31.1 Å². The van der Waals surface area contributed by atoms with Crippen molar-refractivity contribution < 1.29 is 0 Å². The fraction of sp³-hybridized carbons (Fsp3) is 0.250. The lowest BCUT2D eigenvalue weighted by Crippen LogP contribution is -2.01. The van der Waals surface area contributed by atoms with Crippen LogP contribution in [0.5, 0.6) is 0 Å². The molecule has 2 N–H and O–H groups in total.